The van der Waals surface area contributed by atoms with Crippen molar-refractivity contribution in [1.82, 2.24) is 0 Å². The number of aliphatic hydroxyl groups excluding tert-OH is 1. The third-order valence-electron chi connectivity index (χ3n) is 3.96. The topological polar surface area (TPSA) is 56.0 Å². The maximum Gasteiger partial charge on any atom is 0.248 e. The third-order valence-corrected chi connectivity index (χ3v) is 3.96. The smallest absolute Gasteiger partial charge is 0.248 e. The molecule has 2 atom stereocenters. The molecular weight excluding hydrogens is 274 g/mol. The van der Waals surface area contributed by atoms with Crippen LogP contribution in [0.3, 0.4) is 0 Å². The molecule has 0 radical (unpaired) electrons. The van der Waals surface area contributed by atoms with Crippen LogP contribution in [0.5, 0.6) is 0 Å². The van der Waals surface area contributed by atoms with E-state index >= 15 is 0 Å². The summed E-state index contributed by atoms with van der Waals surface area (Å²) in [5, 5.41) is 21.3. The quantitative estimate of drug-likeness (QED) is 0.873. The van der Waals surface area contributed by atoms with Crippen molar-refractivity contribution in [3.05, 3.63) is 29.8 Å². The van der Waals surface area contributed by atoms with Crippen LogP contribution in [-0.2, 0) is 0 Å². The van der Waals surface area contributed by atoms with Gasteiger partial charge in [-0.15, -0.1) is 0 Å². The highest BCUT2D eigenvalue weighted by Crippen LogP contribution is 2.36. The van der Waals surface area contributed by atoms with E-state index in [9.17, 15) is 8.78 Å². The molecule has 0 spiro atoms. The molecule has 114 valence electrons. The van der Waals surface area contributed by atoms with Crippen LogP contribution in [0.15, 0.2) is 24.3 Å². The number of benzene rings is 1. The Balaban J connectivity index is 1.94. The fourth-order valence-corrected chi connectivity index (χ4v) is 2.80. The molecular formula is C16H20F2N2O. The first kappa shape index (κ1) is 15.7. The molecule has 3 nitrogen and oxygen atoms in total. The van der Waals surface area contributed by atoms with Crippen LogP contribution in [0.1, 0.15) is 37.2 Å². The predicted octanol–water partition coefficient (Wildman–Crippen LogP) is 3.52. The summed E-state index contributed by atoms with van der Waals surface area (Å²) in [6.45, 7) is 0.282. The molecule has 0 saturated heterocycles. The second-order valence-corrected chi connectivity index (χ2v) is 5.69. The molecule has 5 heteroatoms. The monoisotopic (exact) mass is 294 g/mol. The van der Waals surface area contributed by atoms with Crippen molar-refractivity contribution >= 4 is 5.69 Å². The van der Waals surface area contributed by atoms with Crippen molar-refractivity contribution in [3.8, 4) is 6.07 Å². The highest BCUT2D eigenvalue weighted by Gasteiger charge is 2.35. The van der Waals surface area contributed by atoms with Crippen LogP contribution < -0.4 is 5.32 Å². The number of aliphatic hydroxyl groups is 1. The van der Waals surface area contributed by atoms with E-state index in [2.05, 4.69) is 5.32 Å². The van der Waals surface area contributed by atoms with E-state index in [0.717, 1.165) is 17.7 Å². The van der Waals surface area contributed by atoms with Gasteiger partial charge in [0.1, 0.15) is 0 Å². The summed E-state index contributed by atoms with van der Waals surface area (Å²) >= 11 is 0. The molecule has 0 bridgehead atoms. The minimum absolute atomic E-state index is 0.000660. The van der Waals surface area contributed by atoms with Crippen LogP contribution >= 0.6 is 0 Å². The van der Waals surface area contributed by atoms with Crippen molar-refractivity contribution in [1.29, 1.82) is 5.26 Å². The van der Waals surface area contributed by atoms with E-state index in [1.807, 2.05) is 12.1 Å². The number of halogens is 2. The predicted molar refractivity (Wildman–Crippen MR) is 77.3 cm³/mol. The zero-order chi connectivity index (χ0) is 15.3. The first-order chi connectivity index (χ1) is 10.0. The Morgan fingerprint density at radius 3 is 2.95 bits per heavy atom. The van der Waals surface area contributed by atoms with Crippen molar-refractivity contribution in [2.75, 3.05) is 18.5 Å². The maximum absolute atomic E-state index is 13.4. The number of rotatable bonds is 5. The Hall–Kier alpha value is -1.67. The van der Waals surface area contributed by atoms with Gasteiger partial charge in [0.2, 0.25) is 5.92 Å². The summed E-state index contributed by atoms with van der Waals surface area (Å²) in [6.07, 6.45) is 1.33. The summed E-state index contributed by atoms with van der Waals surface area (Å²) in [5.74, 6) is -3.11. The Kier molecular flexibility index (Phi) is 5.13. The first-order valence-electron chi connectivity index (χ1n) is 7.26. The third kappa shape index (κ3) is 4.40. The Labute approximate surface area is 123 Å². The molecule has 1 aromatic carbocycles. The molecule has 0 aromatic heterocycles. The van der Waals surface area contributed by atoms with Gasteiger partial charge in [-0.05, 0) is 36.5 Å². The molecule has 0 aliphatic heterocycles. The first-order valence-corrected chi connectivity index (χ1v) is 7.26. The second kappa shape index (κ2) is 6.86. The maximum atomic E-state index is 13.4. The summed E-state index contributed by atoms with van der Waals surface area (Å²) < 4.78 is 26.7. The molecule has 1 aromatic rings. The Morgan fingerprint density at radius 2 is 2.29 bits per heavy atom. The minimum Gasteiger partial charge on any atom is -0.395 e. The molecule has 2 rings (SSSR count). The lowest BCUT2D eigenvalue weighted by Gasteiger charge is -2.29. The van der Waals surface area contributed by atoms with Gasteiger partial charge in [0.05, 0.1) is 18.6 Å². The zero-order valence-corrected chi connectivity index (χ0v) is 11.9. The van der Waals surface area contributed by atoms with Crippen LogP contribution in [0.25, 0.3) is 0 Å². The van der Waals surface area contributed by atoms with E-state index < -0.39 is 11.8 Å². The van der Waals surface area contributed by atoms with Gasteiger partial charge >= 0.3 is 0 Å². The number of hydrogen-bond acceptors (Lipinski definition) is 3. The zero-order valence-electron chi connectivity index (χ0n) is 11.9. The molecule has 1 fully saturated rings. The molecule has 0 amide bonds. The van der Waals surface area contributed by atoms with Crippen molar-refractivity contribution in [2.24, 2.45) is 5.92 Å². The van der Waals surface area contributed by atoms with E-state index in [1.54, 1.807) is 18.2 Å². The van der Waals surface area contributed by atoms with Gasteiger partial charge < -0.3 is 10.4 Å². The van der Waals surface area contributed by atoms with Crippen LogP contribution in [-0.4, -0.2) is 24.2 Å². The van der Waals surface area contributed by atoms with E-state index in [-0.39, 0.29) is 25.4 Å². The van der Waals surface area contributed by atoms with Gasteiger partial charge in [-0.1, -0.05) is 12.1 Å². The fraction of sp³-hybridized carbons (Fsp3) is 0.562. The standard InChI is InChI=1S/C16H20F2N2O/c17-16(18)6-2-3-12(8-16)10-20-15-5-1-4-13(7-15)14(9-19)11-21/h1,4-5,7,12,14,20-21H,2-3,6,8,10-11H2. The van der Waals surface area contributed by atoms with Crippen molar-refractivity contribution in [2.45, 2.75) is 37.5 Å². The SMILES string of the molecule is N#CC(CO)c1cccc(NCC2CCCC(F)(F)C2)c1. The van der Waals surface area contributed by atoms with E-state index in [0.29, 0.717) is 13.0 Å². The lowest BCUT2D eigenvalue weighted by Crippen LogP contribution is -2.29. The summed E-state index contributed by atoms with van der Waals surface area (Å²) in [4.78, 5) is 0. The molecule has 1 aliphatic carbocycles. The van der Waals surface area contributed by atoms with Gasteiger partial charge in [-0.3, -0.25) is 0 Å². The highest BCUT2D eigenvalue weighted by atomic mass is 19.3. The van der Waals surface area contributed by atoms with Gasteiger partial charge in [0, 0.05) is 25.1 Å². The lowest BCUT2D eigenvalue weighted by atomic mass is 9.86. The number of anilines is 1. The lowest BCUT2D eigenvalue weighted by molar-refractivity contribution is -0.0502. The number of nitrogens with one attached hydrogen (secondary N) is 1. The van der Waals surface area contributed by atoms with E-state index in [1.165, 1.54) is 0 Å². The average molecular weight is 294 g/mol. The van der Waals surface area contributed by atoms with Crippen molar-refractivity contribution in [3.63, 3.8) is 0 Å². The molecule has 21 heavy (non-hydrogen) atoms. The summed E-state index contributed by atoms with van der Waals surface area (Å²) in [7, 11) is 0. The number of hydrogen-bond donors (Lipinski definition) is 2. The Morgan fingerprint density at radius 1 is 1.48 bits per heavy atom. The van der Waals surface area contributed by atoms with Gasteiger partial charge in [-0.25, -0.2) is 8.78 Å². The average Bonchev–Trinajstić information content (AvgIpc) is 2.46. The molecule has 1 saturated carbocycles. The summed E-state index contributed by atoms with van der Waals surface area (Å²) in [6, 6.07) is 9.26. The molecule has 2 unspecified atom stereocenters. The second-order valence-electron chi connectivity index (χ2n) is 5.69. The largest absolute Gasteiger partial charge is 0.395 e. The molecule has 2 N–H and O–H groups in total. The Bertz CT molecular complexity index is 513. The fourth-order valence-electron chi connectivity index (χ4n) is 2.80. The van der Waals surface area contributed by atoms with Crippen LogP contribution in [0.2, 0.25) is 0 Å². The summed E-state index contributed by atoms with van der Waals surface area (Å²) in [5.41, 5.74) is 1.54. The number of alkyl halides is 2. The van der Waals surface area contributed by atoms with Crippen LogP contribution in [0, 0.1) is 17.2 Å². The normalized spacial score (nSPS) is 22.3. The van der Waals surface area contributed by atoms with Gasteiger partial charge in [0.15, 0.2) is 0 Å². The van der Waals surface area contributed by atoms with Gasteiger partial charge in [0.25, 0.3) is 0 Å². The number of nitrogens with zero attached hydrogens (tertiary/aromatic N) is 1. The minimum atomic E-state index is -2.53. The van der Waals surface area contributed by atoms with Crippen LogP contribution in [0.4, 0.5) is 14.5 Å². The molecule has 1 aliphatic rings. The van der Waals surface area contributed by atoms with Gasteiger partial charge in [-0.2, -0.15) is 5.26 Å². The highest BCUT2D eigenvalue weighted by molar-refractivity contribution is 5.47. The molecule has 0 heterocycles. The number of nitriles is 1. The van der Waals surface area contributed by atoms with E-state index in [4.69, 9.17) is 10.4 Å². The van der Waals surface area contributed by atoms with Crippen molar-refractivity contribution < 1.29 is 13.9 Å².